The number of amidine groups is 1. The molecule has 2 fully saturated rings. The zero-order valence-electron chi connectivity index (χ0n) is 11.6. The number of carbonyl (C=O) groups excluding carboxylic acids is 1. The fourth-order valence-corrected chi connectivity index (χ4v) is 3.54. The number of aliphatic imine (C=N–C) groups is 1. The normalized spacial score (nSPS) is 27.8. The number of nitrogens with one attached hydrogen (secondary N) is 1. The molecule has 3 rings (SSSR count). The van der Waals surface area contributed by atoms with Gasteiger partial charge in [-0.1, -0.05) is 32.1 Å². The lowest BCUT2D eigenvalue weighted by Crippen LogP contribution is -2.40. The highest BCUT2D eigenvalue weighted by Gasteiger charge is 2.48. The van der Waals surface area contributed by atoms with Crippen LogP contribution in [0.1, 0.15) is 70.6 Å². The Hall–Kier alpha value is -1.06. The molecule has 4 nitrogen and oxygen atoms in total. The van der Waals surface area contributed by atoms with Crippen molar-refractivity contribution in [3.63, 3.8) is 0 Å². The van der Waals surface area contributed by atoms with Crippen LogP contribution in [0.15, 0.2) is 4.99 Å². The van der Waals surface area contributed by atoms with Crippen LogP contribution < -0.4 is 5.32 Å². The Morgan fingerprint density at radius 3 is 2.32 bits per heavy atom. The quantitative estimate of drug-likeness (QED) is 0.792. The summed E-state index contributed by atoms with van der Waals surface area (Å²) in [4.78, 5) is 16.1. The van der Waals surface area contributed by atoms with E-state index in [1.54, 1.807) is 0 Å². The lowest BCUT2D eigenvalue weighted by atomic mass is 9.97. The third kappa shape index (κ3) is 2.77. The first-order chi connectivity index (χ1) is 9.28. The van der Waals surface area contributed by atoms with E-state index < -0.39 is 5.60 Å². The van der Waals surface area contributed by atoms with Crippen LogP contribution in [-0.2, 0) is 9.53 Å². The minimum atomic E-state index is -0.593. The summed E-state index contributed by atoms with van der Waals surface area (Å²) in [5.41, 5.74) is -0.593. The van der Waals surface area contributed by atoms with E-state index >= 15 is 0 Å². The third-order valence-electron chi connectivity index (χ3n) is 4.73. The van der Waals surface area contributed by atoms with Crippen LogP contribution in [0.5, 0.6) is 0 Å². The number of carbonyl (C=O) groups is 1. The number of amides is 1. The Kier molecular flexibility index (Phi) is 3.76. The van der Waals surface area contributed by atoms with Crippen molar-refractivity contribution in [2.45, 2.75) is 82.3 Å². The van der Waals surface area contributed by atoms with Crippen molar-refractivity contribution >= 4 is 11.9 Å². The van der Waals surface area contributed by atoms with Gasteiger partial charge in [0, 0.05) is 6.04 Å². The zero-order valence-corrected chi connectivity index (χ0v) is 11.6. The van der Waals surface area contributed by atoms with E-state index in [0.717, 1.165) is 25.7 Å². The Bertz CT molecular complexity index is 364. The maximum absolute atomic E-state index is 12.0. The van der Waals surface area contributed by atoms with Crippen LogP contribution in [-0.4, -0.2) is 23.6 Å². The molecule has 0 atom stereocenters. The van der Waals surface area contributed by atoms with E-state index in [2.05, 4.69) is 10.3 Å². The lowest BCUT2D eigenvalue weighted by Gasteiger charge is -2.24. The number of hydrogen-bond donors (Lipinski definition) is 1. The summed E-state index contributed by atoms with van der Waals surface area (Å²) in [6.07, 6.45) is 12.7. The van der Waals surface area contributed by atoms with Gasteiger partial charge in [-0.05, 0) is 38.5 Å². The summed E-state index contributed by atoms with van der Waals surface area (Å²) in [7, 11) is 0. The summed E-state index contributed by atoms with van der Waals surface area (Å²) >= 11 is 0. The highest BCUT2D eigenvalue weighted by molar-refractivity contribution is 6.01. The molecule has 4 heteroatoms. The minimum absolute atomic E-state index is 0.0571. The van der Waals surface area contributed by atoms with Gasteiger partial charge in [-0.2, -0.15) is 4.99 Å². The monoisotopic (exact) mass is 264 g/mol. The molecule has 0 aromatic rings. The molecule has 1 N–H and O–H groups in total. The number of ether oxygens (including phenoxy) is 1. The zero-order chi connectivity index (χ0) is 13.1. The van der Waals surface area contributed by atoms with Crippen LogP contribution in [0.4, 0.5) is 0 Å². The van der Waals surface area contributed by atoms with Crippen molar-refractivity contribution in [1.82, 2.24) is 5.32 Å². The second-order valence-electron chi connectivity index (χ2n) is 6.21. The van der Waals surface area contributed by atoms with E-state index in [-0.39, 0.29) is 5.91 Å². The van der Waals surface area contributed by atoms with E-state index in [4.69, 9.17) is 4.74 Å². The Morgan fingerprint density at radius 2 is 1.63 bits per heavy atom. The van der Waals surface area contributed by atoms with Crippen LogP contribution >= 0.6 is 0 Å². The Morgan fingerprint density at radius 1 is 1.00 bits per heavy atom. The summed E-state index contributed by atoms with van der Waals surface area (Å²) < 4.78 is 5.89. The van der Waals surface area contributed by atoms with Gasteiger partial charge in [0.25, 0.3) is 11.9 Å². The predicted molar refractivity (Wildman–Crippen MR) is 74.0 cm³/mol. The highest BCUT2D eigenvalue weighted by Crippen LogP contribution is 2.37. The smallest absolute Gasteiger partial charge is 0.294 e. The molecule has 2 aliphatic carbocycles. The average Bonchev–Trinajstić information content (AvgIpc) is 2.93. The first kappa shape index (κ1) is 12.9. The molecule has 1 spiro atoms. The summed E-state index contributed by atoms with van der Waals surface area (Å²) in [5, 5.41) is 3.37. The maximum atomic E-state index is 12.0. The molecule has 1 aliphatic heterocycles. The van der Waals surface area contributed by atoms with E-state index in [1.165, 1.54) is 44.9 Å². The fraction of sp³-hybridized carbons (Fsp3) is 0.867. The summed E-state index contributed by atoms with van der Waals surface area (Å²) in [6, 6.07) is 0.931. The highest BCUT2D eigenvalue weighted by atomic mass is 16.5. The molecule has 19 heavy (non-hydrogen) atoms. The minimum Gasteiger partial charge on any atom is -0.448 e. The van der Waals surface area contributed by atoms with E-state index in [0.29, 0.717) is 12.1 Å². The molecule has 0 radical (unpaired) electrons. The predicted octanol–water partition coefficient (Wildman–Crippen LogP) is 2.91. The molecule has 0 aromatic heterocycles. The molecule has 0 bridgehead atoms. The van der Waals surface area contributed by atoms with Gasteiger partial charge in [0.15, 0.2) is 5.60 Å². The topological polar surface area (TPSA) is 50.7 Å². The molecule has 3 aliphatic rings. The second-order valence-corrected chi connectivity index (χ2v) is 6.21. The second kappa shape index (κ2) is 5.51. The third-order valence-corrected chi connectivity index (χ3v) is 4.73. The largest absolute Gasteiger partial charge is 0.448 e. The first-order valence-electron chi connectivity index (χ1n) is 7.87. The van der Waals surface area contributed by atoms with Gasteiger partial charge in [0.05, 0.1) is 0 Å². The standard InChI is InChI=1S/C15H24N2O2/c18-13-15(10-6-7-11-15)19-14(17-13)16-12-8-4-2-1-3-5-9-12/h12H,1-11H2,(H,16,17,18). The maximum Gasteiger partial charge on any atom is 0.294 e. The molecule has 2 saturated carbocycles. The van der Waals surface area contributed by atoms with Gasteiger partial charge in [-0.15, -0.1) is 0 Å². The van der Waals surface area contributed by atoms with Gasteiger partial charge >= 0.3 is 0 Å². The molecule has 1 heterocycles. The molecule has 0 unspecified atom stereocenters. The summed E-state index contributed by atoms with van der Waals surface area (Å²) in [6.45, 7) is 0. The first-order valence-corrected chi connectivity index (χ1v) is 7.87. The number of rotatable bonds is 1. The van der Waals surface area contributed by atoms with Gasteiger partial charge < -0.3 is 10.1 Å². The van der Waals surface area contributed by atoms with Crippen molar-refractivity contribution < 1.29 is 9.53 Å². The van der Waals surface area contributed by atoms with Crippen molar-refractivity contribution in [1.29, 1.82) is 0 Å². The van der Waals surface area contributed by atoms with E-state index in [9.17, 15) is 4.79 Å². The van der Waals surface area contributed by atoms with Crippen LogP contribution in [0.3, 0.4) is 0 Å². The lowest BCUT2D eigenvalue weighted by molar-refractivity contribution is -0.130. The van der Waals surface area contributed by atoms with E-state index in [1.807, 2.05) is 0 Å². The van der Waals surface area contributed by atoms with Crippen LogP contribution in [0.25, 0.3) is 0 Å². The Labute approximate surface area is 115 Å². The number of nitrogens with zero attached hydrogens (tertiary/aromatic N) is 1. The van der Waals surface area contributed by atoms with Crippen molar-refractivity contribution in [2.24, 2.45) is 4.99 Å². The molecule has 0 aromatic carbocycles. The van der Waals surface area contributed by atoms with Crippen LogP contribution in [0.2, 0.25) is 0 Å². The molecule has 106 valence electrons. The average molecular weight is 264 g/mol. The van der Waals surface area contributed by atoms with Gasteiger partial charge in [0.2, 0.25) is 0 Å². The van der Waals surface area contributed by atoms with Gasteiger partial charge in [0.1, 0.15) is 0 Å². The molecular weight excluding hydrogens is 240 g/mol. The fourth-order valence-electron chi connectivity index (χ4n) is 3.54. The van der Waals surface area contributed by atoms with Crippen molar-refractivity contribution in [3.8, 4) is 0 Å². The van der Waals surface area contributed by atoms with Crippen molar-refractivity contribution in [2.75, 3.05) is 0 Å². The van der Waals surface area contributed by atoms with Crippen molar-refractivity contribution in [3.05, 3.63) is 0 Å². The Balaban J connectivity index is 1.58. The molecule has 0 saturated heterocycles. The number of hydrogen-bond acceptors (Lipinski definition) is 3. The van der Waals surface area contributed by atoms with Crippen LogP contribution in [0, 0.1) is 0 Å². The van der Waals surface area contributed by atoms with Gasteiger partial charge in [-0.3, -0.25) is 4.79 Å². The molecule has 1 amide bonds. The summed E-state index contributed by atoms with van der Waals surface area (Å²) in [5.74, 6) is -0.0571. The molecular formula is C15H24N2O2. The SMILES string of the molecule is O=C1N=C(NC2CCCCCCC2)OC12CCCC2. The van der Waals surface area contributed by atoms with Gasteiger partial charge in [-0.25, -0.2) is 0 Å².